The minimum absolute atomic E-state index is 0.118. The van der Waals surface area contributed by atoms with Gasteiger partial charge in [-0.05, 0) is 36.8 Å². The molecule has 0 unspecified atom stereocenters. The first-order chi connectivity index (χ1) is 12.0. The summed E-state index contributed by atoms with van der Waals surface area (Å²) in [6, 6.07) is 12.6. The van der Waals surface area contributed by atoms with Gasteiger partial charge in [-0.2, -0.15) is 0 Å². The molecule has 2 aromatic rings. The van der Waals surface area contributed by atoms with Crippen LogP contribution in [0.25, 0.3) is 6.08 Å². The predicted molar refractivity (Wildman–Crippen MR) is 95.3 cm³/mol. The van der Waals surface area contributed by atoms with Gasteiger partial charge in [0.15, 0.2) is 11.5 Å². The molecule has 7 heteroatoms. The minimum Gasteiger partial charge on any atom is -0.449 e. The molecule has 0 bridgehead atoms. The molecule has 128 valence electrons. The molecule has 0 saturated carbocycles. The Morgan fingerprint density at radius 3 is 2.80 bits per heavy atom. The normalized spacial score (nSPS) is 14.9. The fourth-order valence-corrected chi connectivity index (χ4v) is 2.58. The summed E-state index contributed by atoms with van der Waals surface area (Å²) >= 11 is 0. The third-order valence-electron chi connectivity index (χ3n) is 3.75. The Labute approximate surface area is 144 Å². The molecule has 2 aromatic carbocycles. The standard InChI is InChI=1S/C18H18N4O3/c1-11-3-2-4-12(7-11)8-16-18(24)22(10-17(23)21-20)14-9-13(19)5-6-15(14)25-16/h2-9H,10,19-20H2,1H3,(H,21,23)/b16-8+. The van der Waals surface area contributed by atoms with Gasteiger partial charge in [-0.1, -0.05) is 29.8 Å². The van der Waals surface area contributed by atoms with Crippen LogP contribution in [0.2, 0.25) is 0 Å². The lowest BCUT2D eigenvalue weighted by atomic mass is 10.1. The van der Waals surface area contributed by atoms with Crippen molar-refractivity contribution in [1.82, 2.24) is 5.43 Å². The van der Waals surface area contributed by atoms with Crippen molar-refractivity contribution in [3.8, 4) is 5.75 Å². The number of hydrogen-bond donors (Lipinski definition) is 3. The molecule has 0 saturated heterocycles. The van der Waals surface area contributed by atoms with Gasteiger partial charge in [0.25, 0.3) is 11.8 Å². The SMILES string of the molecule is Cc1cccc(/C=C2/Oc3ccc(N)cc3N(CC(=O)NN)C2=O)c1. The lowest BCUT2D eigenvalue weighted by molar-refractivity contribution is -0.123. The van der Waals surface area contributed by atoms with Gasteiger partial charge in [0.05, 0.1) is 5.69 Å². The second-order valence-corrected chi connectivity index (χ2v) is 5.71. The van der Waals surface area contributed by atoms with Gasteiger partial charge in [-0.25, -0.2) is 5.84 Å². The Balaban J connectivity index is 2.04. The molecular weight excluding hydrogens is 320 g/mol. The summed E-state index contributed by atoms with van der Waals surface area (Å²) in [5, 5.41) is 0. The number of carbonyl (C=O) groups is 2. The van der Waals surface area contributed by atoms with E-state index in [1.807, 2.05) is 36.6 Å². The summed E-state index contributed by atoms with van der Waals surface area (Å²) in [5.74, 6) is 4.77. The maximum absolute atomic E-state index is 12.8. The maximum Gasteiger partial charge on any atom is 0.294 e. The number of benzene rings is 2. The summed E-state index contributed by atoms with van der Waals surface area (Å²) in [5.41, 5.74) is 10.6. The first kappa shape index (κ1) is 16.5. The summed E-state index contributed by atoms with van der Waals surface area (Å²) < 4.78 is 5.74. The number of nitrogen functional groups attached to an aromatic ring is 1. The number of hydrogen-bond acceptors (Lipinski definition) is 5. The molecule has 5 N–H and O–H groups in total. The molecule has 1 heterocycles. The number of carbonyl (C=O) groups excluding carboxylic acids is 2. The number of anilines is 2. The highest BCUT2D eigenvalue weighted by Crippen LogP contribution is 2.37. The molecule has 0 fully saturated rings. The van der Waals surface area contributed by atoms with Crippen molar-refractivity contribution in [3.05, 3.63) is 59.4 Å². The monoisotopic (exact) mass is 338 g/mol. The van der Waals surface area contributed by atoms with E-state index >= 15 is 0 Å². The fourth-order valence-electron chi connectivity index (χ4n) is 2.58. The van der Waals surface area contributed by atoms with Crippen molar-refractivity contribution in [2.75, 3.05) is 17.2 Å². The fraction of sp³-hybridized carbons (Fsp3) is 0.111. The number of amides is 2. The molecular formula is C18H18N4O3. The van der Waals surface area contributed by atoms with Crippen molar-refractivity contribution in [2.45, 2.75) is 6.92 Å². The van der Waals surface area contributed by atoms with Crippen molar-refractivity contribution < 1.29 is 14.3 Å². The number of nitrogens with one attached hydrogen (secondary N) is 1. The van der Waals surface area contributed by atoms with Crippen LogP contribution in [0.3, 0.4) is 0 Å². The zero-order chi connectivity index (χ0) is 18.0. The number of rotatable bonds is 3. The number of nitrogens with two attached hydrogens (primary N) is 2. The van der Waals surface area contributed by atoms with Crippen molar-refractivity contribution in [1.29, 1.82) is 0 Å². The molecule has 0 aromatic heterocycles. The smallest absolute Gasteiger partial charge is 0.294 e. The summed E-state index contributed by atoms with van der Waals surface area (Å²) in [4.78, 5) is 25.8. The van der Waals surface area contributed by atoms with Gasteiger partial charge in [0.2, 0.25) is 0 Å². The molecule has 0 spiro atoms. The summed E-state index contributed by atoms with van der Waals surface area (Å²) in [7, 11) is 0. The first-order valence-electron chi connectivity index (χ1n) is 7.65. The molecule has 25 heavy (non-hydrogen) atoms. The van der Waals surface area contributed by atoms with Crippen molar-refractivity contribution in [3.63, 3.8) is 0 Å². The zero-order valence-corrected chi connectivity index (χ0v) is 13.7. The Hall–Kier alpha value is -3.32. The maximum atomic E-state index is 12.8. The second kappa shape index (κ2) is 6.66. The van der Waals surface area contributed by atoms with E-state index in [0.717, 1.165) is 11.1 Å². The van der Waals surface area contributed by atoms with Crippen LogP contribution in [-0.2, 0) is 9.59 Å². The van der Waals surface area contributed by atoms with Crippen LogP contribution >= 0.6 is 0 Å². The molecule has 1 aliphatic heterocycles. The zero-order valence-electron chi connectivity index (χ0n) is 13.7. The highest BCUT2D eigenvalue weighted by Gasteiger charge is 2.31. The number of fused-ring (bicyclic) bond motifs is 1. The molecule has 7 nitrogen and oxygen atoms in total. The Morgan fingerprint density at radius 2 is 2.08 bits per heavy atom. The van der Waals surface area contributed by atoms with E-state index in [1.165, 1.54) is 4.90 Å². The van der Waals surface area contributed by atoms with E-state index in [2.05, 4.69) is 0 Å². The van der Waals surface area contributed by atoms with Crippen molar-refractivity contribution in [2.24, 2.45) is 5.84 Å². The highest BCUT2D eigenvalue weighted by atomic mass is 16.5. The van der Waals surface area contributed by atoms with Crippen LogP contribution < -0.4 is 26.6 Å². The molecule has 1 aliphatic rings. The van der Waals surface area contributed by atoms with E-state index < -0.39 is 11.8 Å². The van der Waals surface area contributed by atoms with Gasteiger partial charge >= 0.3 is 0 Å². The Morgan fingerprint density at radius 1 is 1.28 bits per heavy atom. The Kier molecular flexibility index (Phi) is 4.40. The third kappa shape index (κ3) is 3.46. The predicted octanol–water partition coefficient (Wildman–Crippen LogP) is 1.33. The van der Waals surface area contributed by atoms with E-state index in [9.17, 15) is 9.59 Å². The number of aryl methyl sites for hydroxylation is 1. The molecule has 0 radical (unpaired) electrons. The number of ether oxygens (including phenoxy) is 1. The van der Waals surface area contributed by atoms with Crippen LogP contribution in [-0.4, -0.2) is 18.4 Å². The molecule has 3 rings (SSSR count). The lowest BCUT2D eigenvalue weighted by Crippen LogP contribution is -2.45. The lowest BCUT2D eigenvalue weighted by Gasteiger charge is -2.30. The summed E-state index contributed by atoms with van der Waals surface area (Å²) in [6.45, 7) is 1.72. The van der Waals surface area contributed by atoms with Crippen LogP contribution in [0.15, 0.2) is 48.2 Å². The summed E-state index contributed by atoms with van der Waals surface area (Å²) in [6.07, 6.45) is 1.64. The van der Waals surface area contributed by atoms with E-state index in [1.54, 1.807) is 24.3 Å². The second-order valence-electron chi connectivity index (χ2n) is 5.71. The number of hydrazine groups is 1. The van der Waals surface area contributed by atoms with Gasteiger partial charge in [0, 0.05) is 5.69 Å². The number of nitrogens with zero attached hydrogens (tertiary/aromatic N) is 1. The largest absolute Gasteiger partial charge is 0.449 e. The van der Waals surface area contributed by atoms with Crippen LogP contribution in [0, 0.1) is 6.92 Å². The van der Waals surface area contributed by atoms with Crippen LogP contribution in [0.5, 0.6) is 5.75 Å². The topological polar surface area (TPSA) is 111 Å². The first-order valence-corrected chi connectivity index (χ1v) is 7.65. The Bertz CT molecular complexity index is 876. The minimum atomic E-state index is -0.501. The van der Waals surface area contributed by atoms with Crippen LogP contribution in [0.4, 0.5) is 11.4 Å². The van der Waals surface area contributed by atoms with E-state index in [0.29, 0.717) is 17.1 Å². The van der Waals surface area contributed by atoms with Gasteiger partial charge in [-0.3, -0.25) is 19.9 Å². The molecule has 0 atom stereocenters. The molecule has 0 aliphatic carbocycles. The van der Waals surface area contributed by atoms with Gasteiger partial charge in [0.1, 0.15) is 6.54 Å². The van der Waals surface area contributed by atoms with E-state index in [-0.39, 0.29) is 12.3 Å². The van der Waals surface area contributed by atoms with Gasteiger partial charge in [-0.15, -0.1) is 0 Å². The highest BCUT2D eigenvalue weighted by molar-refractivity contribution is 6.12. The van der Waals surface area contributed by atoms with E-state index in [4.69, 9.17) is 16.3 Å². The third-order valence-corrected chi connectivity index (χ3v) is 3.75. The average molecular weight is 338 g/mol. The van der Waals surface area contributed by atoms with Crippen LogP contribution in [0.1, 0.15) is 11.1 Å². The van der Waals surface area contributed by atoms with Crippen molar-refractivity contribution >= 4 is 29.3 Å². The molecule has 2 amide bonds. The average Bonchev–Trinajstić information content (AvgIpc) is 2.59. The van der Waals surface area contributed by atoms with Gasteiger partial charge < -0.3 is 10.5 Å². The quantitative estimate of drug-likeness (QED) is 0.257.